The van der Waals surface area contributed by atoms with Gasteiger partial charge in [-0.15, -0.1) is 0 Å². The van der Waals surface area contributed by atoms with Gasteiger partial charge in [0, 0.05) is 19.0 Å². The van der Waals surface area contributed by atoms with Crippen molar-refractivity contribution in [3.8, 4) is 0 Å². The fourth-order valence-electron chi connectivity index (χ4n) is 2.54. The normalized spacial score (nSPS) is 18.4. The summed E-state index contributed by atoms with van der Waals surface area (Å²) in [5.41, 5.74) is 6.01. The molecule has 1 aliphatic heterocycles. The quantitative estimate of drug-likeness (QED) is 0.490. The highest BCUT2D eigenvalue weighted by molar-refractivity contribution is 5.94. The summed E-state index contributed by atoms with van der Waals surface area (Å²) in [6.45, 7) is 7.55. The molecule has 1 aliphatic rings. The Morgan fingerprint density at radius 1 is 1.37 bits per heavy atom. The maximum absolute atomic E-state index is 11.8. The molecule has 3 N–H and O–H groups in total. The number of aromatic amines is 1. The van der Waals surface area contributed by atoms with Gasteiger partial charge in [0.15, 0.2) is 6.23 Å². The molecule has 1 atom stereocenters. The maximum atomic E-state index is 11.8. The second-order valence-corrected chi connectivity index (χ2v) is 6.49. The van der Waals surface area contributed by atoms with Gasteiger partial charge in [0.25, 0.3) is 11.5 Å². The number of carbonyl (C=O) groups excluding carboxylic acids is 1. The molecule has 146 valence electrons. The lowest BCUT2D eigenvalue weighted by molar-refractivity contribution is -0.120. The third kappa shape index (κ3) is 5.04. The topological polar surface area (TPSA) is 118 Å². The Morgan fingerprint density at radius 3 is 2.70 bits per heavy atom. The SMILES string of the molecule is C/C=C(OC1C=C(C(C)C)C(=O)NN1)\C(C)=C/Cc1nn(C)c(=O)[nH]c1=O. The van der Waals surface area contributed by atoms with Crippen molar-refractivity contribution in [3.05, 3.63) is 61.7 Å². The molecule has 0 radical (unpaired) electrons. The highest BCUT2D eigenvalue weighted by Crippen LogP contribution is 2.18. The van der Waals surface area contributed by atoms with E-state index in [1.807, 2.05) is 27.7 Å². The number of nitrogens with one attached hydrogen (secondary N) is 3. The molecule has 0 aromatic carbocycles. The Morgan fingerprint density at radius 2 is 2.07 bits per heavy atom. The Labute approximate surface area is 156 Å². The van der Waals surface area contributed by atoms with Gasteiger partial charge in [-0.3, -0.25) is 20.0 Å². The van der Waals surface area contributed by atoms with Crippen LogP contribution in [0.3, 0.4) is 0 Å². The van der Waals surface area contributed by atoms with Crippen LogP contribution < -0.4 is 22.1 Å². The van der Waals surface area contributed by atoms with Crippen molar-refractivity contribution in [1.82, 2.24) is 25.6 Å². The molecule has 0 saturated heterocycles. The zero-order valence-electron chi connectivity index (χ0n) is 16.1. The molecule has 0 fully saturated rings. The molecule has 2 rings (SSSR count). The van der Waals surface area contributed by atoms with Crippen LogP contribution in [0.1, 0.15) is 33.4 Å². The van der Waals surface area contributed by atoms with E-state index in [2.05, 4.69) is 20.9 Å². The van der Waals surface area contributed by atoms with Gasteiger partial charge < -0.3 is 4.74 Å². The summed E-state index contributed by atoms with van der Waals surface area (Å²) in [5, 5.41) is 3.97. The van der Waals surface area contributed by atoms with Gasteiger partial charge in [0.1, 0.15) is 11.5 Å². The lowest BCUT2D eigenvalue weighted by atomic mass is 10.0. The molecule has 0 saturated carbocycles. The number of carbonyl (C=O) groups is 1. The van der Waals surface area contributed by atoms with Gasteiger partial charge >= 0.3 is 5.69 Å². The number of rotatable bonds is 6. The first-order valence-electron chi connectivity index (χ1n) is 8.67. The van der Waals surface area contributed by atoms with Crippen LogP contribution in [0.2, 0.25) is 0 Å². The summed E-state index contributed by atoms with van der Waals surface area (Å²) in [6, 6.07) is 0. The van der Waals surface area contributed by atoms with Crippen LogP contribution in [0, 0.1) is 5.92 Å². The fraction of sp³-hybridized carbons (Fsp3) is 0.444. The summed E-state index contributed by atoms with van der Waals surface area (Å²) in [4.78, 5) is 37.2. The van der Waals surface area contributed by atoms with Crippen LogP contribution >= 0.6 is 0 Å². The molecule has 9 nitrogen and oxygen atoms in total. The van der Waals surface area contributed by atoms with Gasteiger partial charge in [-0.2, -0.15) is 10.5 Å². The van der Waals surface area contributed by atoms with E-state index in [9.17, 15) is 14.4 Å². The van der Waals surface area contributed by atoms with Crippen molar-refractivity contribution in [2.75, 3.05) is 0 Å². The predicted octanol–water partition coefficient (Wildman–Crippen LogP) is 0.421. The molecule has 1 unspecified atom stereocenters. The number of allylic oxidation sites excluding steroid dienone is 3. The number of hydrazine groups is 1. The molecule has 2 heterocycles. The highest BCUT2D eigenvalue weighted by atomic mass is 16.5. The molecular formula is C18H25N5O4. The third-order valence-electron chi connectivity index (χ3n) is 4.10. The minimum Gasteiger partial charge on any atom is -0.470 e. The molecule has 1 aromatic heterocycles. The number of hydrogen-bond donors (Lipinski definition) is 3. The van der Waals surface area contributed by atoms with Gasteiger partial charge in [0.2, 0.25) is 0 Å². The number of ether oxygens (including phenoxy) is 1. The monoisotopic (exact) mass is 375 g/mol. The molecule has 0 bridgehead atoms. The van der Waals surface area contributed by atoms with Gasteiger partial charge in [0.05, 0.1) is 0 Å². The predicted molar refractivity (Wildman–Crippen MR) is 100 cm³/mol. The Bertz CT molecular complexity index is 920. The van der Waals surface area contributed by atoms with Crippen LogP contribution in [-0.2, 0) is 23.0 Å². The molecular weight excluding hydrogens is 350 g/mol. The number of aryl methyl sites for hydroxylation is 1. The molecule has 1 aromatic rings. The van der Waals surface area contributed by atoms with E-state index in [1.54, 1.807) is 18.2 Å². The average molecular weight is 375 g/mol. The largest absolute Gasteiger partial charge is 0.470 e. The minimum atomic E-state index is -0.555. The second-order valence-electron chi connectivity index (χ2n) is 6.49. The van der Waals surface area contributed by atoms with Crippen LogP contribution in [0.25, 0.3) is 0 Å². The first-order chi connectivity index (χ1) is 12.7. The van der Waals surface area contributed by atoms with E-state index in [0.717, 1.165) is 10.3 Å². The van der Waals surface area contributed by atoms with Gasteiger partial charge in [-0.05, 0) is 37.5 Å². The van der Waals surface area contributed by atoms with Crippen molar-refractivity contribution in [2.45, 2.75) is 40.3 Å². The van der Waals surface area contributed by atoms with E-state index in [4.69, 9.17) is 4.74 Å². The fourth-order valence-corrected chi connectivity index (χ4v) is 2.54. The molecule has 27 heavy (non-hydrogen) atoms. The maximum Gasteiger partial charge on any atom is 0.344 e. The van der Waals surface area contributed by atoms with E-state index in [0.29, 0.717) is 11.3 Å². The molecule has 0 spiro atoms. The average Bonchev–Trinajstić information content (AvgIpc) is 2.62. The molecule has 9 heteroatoms. The first kappa shape index (κ1) is 20.4. The summed E-state index contributed by atoms with van der Waals surface area (Å²) < 4.78 is 7.00. The van der Waals surface area contributed by atoms with Crippen LogP contribution in [-0.4, -0.2) is 26.9 Å². The van der Waals surface area contributed by atoms with Crippen LogP contribution in [0.4, 0.5) is 0 Å². The Kier molecular flexibility index (Phi) is 6.51. The summed E-state index contributed by atoms with van der Waals surface area (Å²) in [5.74, 6) is 0.509. The molecule has 1 amide bonds. The number of amides is 1. The van der Waals surface area contributed by atoms with Crippen molar-refractivity contribution < 1.29 is 9.53 Å². The molecule has 0 aliphatic carbocycles. The summed E-state index contributed by atoms with van der Waals surface area (Å²) >= 11 is 0. The van der Waals surface area contributed by atoms with E-state index >= 15 is 0 Å². The zero-order valence-corrected chi connectivity index (χ0v) is 16.1. The van der Waals surface area contributed by atoms with Crippen LogP contribution in [0.5, 0.6) is 0 Å². The second kappa shape index (κ2) is 8.63. The Hall–Kier alpha value is -2.94. The lowest BCUT2D eigenvalue weighted by Crippen LogP contribution is -2.50. The minimum absolute atomic E-state index is 0.0754. The first-order valence-corrected chi connectivity index (χ1v) is 8.67. The van der Waals surface area contributed by atoms with Crippen molar-refractivity contribution >= 4 is 5.91 Å². The Balaban J connectivity index is 2.14. The van der Waals surface area contributed by atoms with Gasteiger partial charge in [-0.1, -0.05) is 19.9 Å². The summed E-state index contributed by atoms with van der Waals surface area (Å²) in [6.07, 6.45) is 5.09. The van der Waals surface area contributed by atoms with E-state index in [1.165, 1.54) is 7.05 Å². The standard InChI is InChI=1S/C18H25N5O4/c1-6-14(27-15-9-12(10(2)3)16(24)21-20-15)11(4)7-8-13-17(25)19-18(26)23(5)22-13/h6-7,9-10,15,20H,8H2,1-5H3,(H,21,24)(H,19,25,26)/b11-7-,14-6+. The smallest absolute Gasteiger partial charge is 0.344 e. The van der Waals surface area contributed by atoms with Crippen LogP contribution in [0.15, 0.2) is 44.7 Å². The zero-order chi connectivity index (χ0) is 20.1. The van der Waals surface area contributed by atoms with Crippen molar-refractivity contribution in [1.29, 1.82) is 0 Å². The highest BCUT2D eigenvalue weighted by Gasteiger charge is 2.23. The third-order valence-corrected chi connectivity index (χ3v) is 4.10. The number of hydrogen-bond acceptors (Lipinski definition) is 6. The van der Waals surface area contributed by atoms with E-state index < -0.39 is 17.5 Å². The number of H-pyrrole nitrogens is 1. The number of nitrogens with zero attached hydrogens (tertiary/aromatic N) is 2. The van der Waals surface area contributed by atoms with E-state index in [-0.39, 0.29) is 23.9 Å². The van der Waals surface area contributed by atoms with Gasteiger partial charge in [-0.25, -0.2) is 9.48 Å². The number of aromatic nitrogens is 3. The summed E-state index contributed by atoms with van der Waals surface area (Å²) in [7, 11) is 1.47. The van der Waals surface area contributed by atoms with Crippen molar-refractivity contribution in [2.24, 2.45) is 13.0 Å². The van der Waals surface area contributed by atoms with Crippen molar-refractivity contribution in [3.63, 3.8) is 0 Å². The lowest BCUT2D eigenvalue weighted by Gasteiger charge is -2.26.